The summed E-state index contributed by atoms with van der Waals surface area (Å²) in [5, 5.41) is 2.35. The Morgan fingerprint density at radius 3 is 2.35 bits per heavy atom. The third-order valence-electron chi connectivity index (χ3n) is 3.36. The predicted octanol–water partition coefficient (Wildman–Crippen LogP) is 2.14. The van der Waals surface area contributed by atoms with Gasteiger partial charge < -0.3 is 0 Å². The molecule has 0 unspecified atom stereocenters. The number of aryl methyl sites for hydroxylation is 1. The molecule has 0 bridgehead atoms. The lowest BCUT2D eigenvalue weighted by Gasteiger charge is -2.29. The van der Waals surface area contributed by atoms with Crippen LogP contribution in [-0.4, -0.2) is 17.5 Å². The smallest absolute Gasteiger partial charge is 0.279 e. The summed E-state index contributed by atoms with van der Waals surface area (Å²) in [6.45, 7) is 7.43. The fourth-order valence-electron chi connectivity index (χ4n) is 2.05. The number of imide groups is 1. The minimum absolute atomic E-state index is 0.261. The minimum Gasteiger partial charge on any atom is -0.279 e. The van der Waals surface area contributed by atoms with Crippen LogP contribution in [0.25, 0.3) is 0 Å². The van der Waals surface area contributed by atoms with E-state index in [2.05, 4.69) is 5.32 Å². The Hall–Kier alpha value is -1.84. The Bertz CT molecular complexity index is 506. The number of carbonyl (C=O) groups excluding carboxylic acids is 2. The number of urea groups is 1. The molecule has 1 aromatic rings. The molecule has 0 aliphatic carbocycles. The van der Waals surface area contributed by atoms with Crippen LogP contribution in [0.5, 0.6) is 0 Å². The first-order valence-electron chi connectivity index (χ1n) is 5.57. The Balaban J connectivity index is 2.57. The summed E-state index contributed by atoms with van der Waals surface area (Å²) in [6, 6.07) is 5.39. The summed E-state index contributed by atoms with van der Waals surface area (Å²) in [7, 11) is 0. The van der Waals surface area contributed by atoms with Crippen LogP contribution in [0.4, 0.5) is 10.5 Å². The summed E-state index contributed by atoms with van der Waals surface area (Å²) < 4.78 is 0. The van der Waals surface area contributed by atoms with E-state index in [4.69, 9.17) is 0 Å². The molecular weight excluding hydrogens is 216 g/mol. The monoisotopic (exact) mass is 232 g/mol. The van der Waals surface area contributed by atoms with Crippen molar-refractivity contribution in [2.24, 2.45) is 0 Å². The van der Waals surface area contributed by atoms with Crippen LogP contribution in [-0.2, 0) is 4.79 Å². The largest absolute Gasteiger partial charge is 0.329 e. The van der Waals surface area contributed by atoms with Crippen LogP contribution in [0.15, 0.2) is 18.2 Å². The Morgan fingerprint density at radius 2 is 1.82 bits per heavy atom. The number of benzene rings is 1. The molecule has 1 aliphatic heterocycles. The molecule has 0 atom stereocenters. The molecule has 1 heterocycles. The predicted molar refractivity (Wildman–Crippen MR) is 66.0 cm³/mol. The first-order valence-corrected chi connectivity index (χ1v) is 5.57. The molecule has 1 saturated heterocycles. The lowest BCUT2D eigenvalue weighted by molar-refractivity contribution is -0.122. The average Bonchev–Trinajstić information content (AvgIpc) is 2.42. The third kappa shape index (κ3) is 1.60. The molecule has 0 saturated carbocycles. The van der Waals surface area contributed by atoms with Gasteiger partial charge in [-0.25, -0.2) is 4.79 Å². The van der Waals surface area contributed by atoms with Crippen LogP contribution in [0.1, 0.15) is 25.0 Å². The van der Waals surface area contributed by atoms with E-state index in [0.29, 0.717) is 0 Å². The van der Waals surface area contributed by atoms with Crippen molar-refractivity contribution in [2.45, 2.75) is 33.2 Å². The van der Waals surface area contributed by atoms with E-state index in [-0.39, 0.29) is 11.9 Å². The van der Waals surface area contributed by atoms with Crippen LogP contribution in [0.3, 0.4) is 0 Å². The van der Waals surface area contributed by atoms with Crippen molar-refractivity contribution in [3.8, 4) is 0 Å². The molecule has 2 rings (SSSR count). The highest BCUT2D eigenvalue weighted by Crippen LogP contribution is 2.32. The zero-order valence-electron chi connectivity index (χ0n) is 10.5. The van der Waals surface area contributed by atoms with E-state index in [1.807, 2.05) is 32.0 Å². The molecule has 0 spiro atoms. The van der Waals surface area contributed by atoms with E-state index >= 15 is 0 Å². The molecule has 4 nitrogen and oxygen atoms in total. The van der Waals surface area contributed by atoms with Gasteiger partial charge in [-0.1, -0.05) is 12.1 Å². The zero-order chi connectivity index (χ0) is 12.8. The number of rotatable bonds is 1. The maximum Gasteiger partial charge on any atom is 0.329 e. The first kappa shape index (κ1) is 11.6. The van der Waals surface area contributed by atoms with Crippen molar-refractivity contribution in [2.75, 3.05) is 4.90 Å². The standard InChI is InChI=1S/C13H16N2O2/c1-8-6-5-7-10(9(8)2)15-12(17)14-11(16)13(15,3)4/h5-7H,1-4H3,(H,14,16,17). The van der Waals surface area contributed by atoms with Gasteiger partial charge in [-0.3, -0.25) is 15.0 Å². The van der Waals surface area contributed by atoms with Gasteiger partial charge in [0.1, 0.15) is 5.54 Å². The van der Waals surface area contributed by atoms with Crippen molar-refractivity contribution >= 4 is 17.6 Å². The number of carbonyl (C=O) groups is 2. The molecular formula is C13H16N2O2. The molecule has 0 aromatic heterocycles. The van der Waals surface area contributed by atoms with E-state index in [9.17, 15) is 9.59 Å². The molecule has 0 radical (unpaired) electrons. The maximum absolute atomic E-state index is 11.9. The Morgan fingerprint density at radius 1 is 1.18 bits per heavy atom. The third-order valence-corrected chi connectivity index (χ3v) is 3.36. The van der Waals surface area contributed by atoms with Crippen molar-refractivity contribution in [1.82, 2.24) is 5.32 Å². The summed E-state index contributed by atoms with van der Waals surface area (Å²) >= 11 is 0. The molecule has 1 aromatic carbocycles. The number of amides is 3. The highest BCUT2D eigenvalue weighted by molar-refractivity contribution is 6.16. The second-order valence-electron chi connectivity index (χ2n) is 4.87. The second kappa shape index (κ2) is 3.58. The highest BCUT2D eigenvalue weighted by Gasteiger charge is 2.46. The quantitative estimate of drug-likeness (QED) is 0.754. The lowest BCUT2D eigenvalue weighted by atomic mass is 10.0. The highest BCUT2D eigenvalue weighted by atomic mass is 16.2. The Kier molecular flexibility index (Phi) is 2.45. The second-order valence-corrected chi connectivity index (χ2v) is 4.87. The minimum atomic E-state index is -0.838. The molecule has 1 fully saturated rings. The van der Waals surface area contributed by atoms with Gasteiger partial charge >= 0.3 is 6.03 Å². The van der Waals surface area contributed by atoms with Crippen molar-refractivity contribution in [3.05, 3.63) is 29.3 Å². The van der Waals surface area contributed by atoms with Gasteiger partial charge in [0.15, 0.2) is 0 Å². The van der Waals surface area contributed by atoms with Gasteiger partial charge in [0.25, 0.3) is 5.91 Å². The number of hydrogen-bond donors (Lipinski definition) is 1. The molecule has 3 amide bonds. The van der Waals surface area contributed by atoms with Gasteiger partial charge in [-0.05, 0) is 44.9 Å². The molecule has 1 aliphatic rings. The normalized spacial score (nSPS) is 18.5. The average molecular weight is 232 g/mol. The molecule has 4 heteroatoms. The SMILES string of the molecule is Cc1cccc(N2C(=O)NC(=O)C2(C)C)c1C. The first-order chi connectivity index (χ1) is 7.85. The fraction of sp³-hybridized carbons (Fsp3) is 0.385. The molecule has 1 N–H and O–H groups in total. The summed E-state index contributed by atoms with van der Waals surface area (Å²) in [5.74, 6) is -0.261. The van der Waals surface area contributed by atoms with Gasteiger partial charge in [0.05, 0.1) is 0 Å². The van der Waals surface area contributed by atoms with Gasteiger partial charge in [-0.2, -0.15) is 0 Å². The molecule has 90 valence electrons. The number of nitrogens with one attached hydrogen (secondary N) is 1. The summed E-state index contributed by atoms with van der Waals surface area (Å²) in [4.78, 5) is 25.1. The fourth-order valence-corrected chi connectivity index (χ4v) is 2.05. The topological polar surface area (TPSA) is 49.4 Å². The Labute approximate surface area is 101 Å². The van der Waals surface area contributed by atoms with E-state index in [1.54, 1.807) is 13.8 Å². The zero-order valence-corrected chi connectivity index (χ0v) is 10.5. The van der Waals surface area contributed by atoms with E-state index in [0.717, 1.165) is 16.8 Å². The molecule has 17 heavy (non-hydrogen) atoms. The number of anilines is 1. The number of hydrogen-bond acceptors (Lipinski definition) is 2. The number of nitrogens with zero attached hydrogens (tertiary/aromatic N) is 1. The van der Waals surface area contributed by atoms with Crippen LogP contribution in [0.2, 0.25) is 0 Å². The van der Waals surface area contributed by atoms with Crippen LogP contribution < -0.4 is 10.2 Å². The van der Waals surface area contributed by atoms with Gasteiger partial charge in [0.2, 0.25) is 0 Å². The van der Waals surface area contributed by atoms with Crippen molar-refractivity contribution in [1.29, 1.82) is 0 Å². The van der Waals surface area contributed by atoms with Crippen LogP contribution in [0, 0.1) is 13.8 Å². The maximum atomic E-state index is 11.9. The van der Waals surface area contributed by atoms with Crippen molar-refractivity contribution < 1.29 is 9.59 Å². The van der Waals surface area contributed by atoms with E-state index < -0.39 is 5.54 Å². The van der Waals surface area contributed by atoms with Gasteiger partial charge in [-0.15, -0.1) is 0 Å². The summed E-state index contributed by atoms with van der Waals surface area (Å²) in [6.07, 6.45) is 0. The van der Waals surface area contributed by atoms with Gasteiger partial charge in [0, 0.05) is 5.69 Å². The lowest BCUT2D eigenvalue weighted by Crippen LogP contribution is -2.44. The van der Waals surface area contributed by atoms with Crippen LogP contribution >= 0.6 is 0 Å². The van der Waals surface area contributed by atoms with Crippen molar-refractivity contribution in [3.63, 3.8) is 0 Å². The summed E-state index contributed by atoms with van der Waals surface area (Å²) in [5.41, 5.74) is 2.07. The van der Waals surface area contributed by atoms with E-state index in [1.165, 1.54) is 4.90 Å².